The Morgan fingerprint density at radius 3 is 2.63 bits per heavy atom. The monoisotopic (exact) mass is 262 g/mol. The highest BCUT2D eigenvalue weighted by molar-refractivity contribution is 5.99. The number of anilines is 2. The van der Waals surface area contributed by atoms with Crippen LogP contribution in [0, 0.1) is 0 Å². The van der Waals surface area contributed by atoms with E-state index >= 15 is 0 Å². The second-order valence-corrected chi connectivity index (χ2v) is 4.82. The summed E-state index contributed by atoms with van der Waals surface area (Å²) < 4.78 is 0. The molecule has 0 aromatic heterocycles. The molecule has 1 atom stereocenters. The molecule has 0 saturated heterocycles. The number of primary amides is 1. The van der Waals surface area contributed by atoms with Crippen LogP contribution in [0.4, 0.5) is 11.4 Å². The third-order valence-corrected chi connectivity index (χ3v) is 3.02. The van der Waals surface area contributed by atoms with Crippen molar-refractivity contribution in [1.82, 2.24) is 5.32 Å². The highest BCUT2D eigenvalue weighted by atomic mass is 16.2. The van der Waals surface area contributed by atoms with Crippen molar-refractivity contribution in [2.24, 2.45) is 5.73 Å². The van der Waals surface area contributed by atoms with Gasteiger partial charge in [-0.1, -0.05) is 0 Å². The quantitative estimate of drug-likeness (QED) is 0.577. The lowest BCUT2D eigenvalue weighted by atomic mass is 10.1. The Morgan fingerprint density at radius 1 is 1.37 bits per heavy atom. The molecule has 0 heterocycles. The van der Waals surface area contributed by atoms with Crippen LogP contribution in [-0.2, 0) is 4.79 Å². The molecule has 1 saturated carbocycles. The molecule has 6 N–H and O–H groups in total. The molecular weight excluding hydrogens is 244 g/mol. The minimum atomic E-state index is -0.587. The molecule has 102 valence electrons. The average molecular weight is 262 g/mol. The summed E-state index contributed by atoms with van der Waals surface area (Å²) in [6.45, 7) is 1.76. The summed E-state index contributed by atoms with van der Waals surface area (Å²) in [6, 6.07) is 4.80. The fraction of sp³-hybridized carbons (Fsp3) is 0.385. The van der Waals surface area contributed by atoms with Gasteiger partial charge in [0.25, 0.3) is 5.91 Å². The van der Waals surface area contributed by atoms with Gasteiger partial charge in [-0.25, -0.2) is 0 Å². The summed E-state index contributed by atoms with van der Waals surface area (Å²) in [6.07, 6.45) is 2.10. The van der Waals surface area contributed by atoms with Gasteiger partial charge in [-0.2, -0.15) is 0 Å². The zero-order chi connectivity index (χ0) is 14.0. The van der Waals surface area contributed by atoms with Crippen LogP contribution in [0.15, 0.2) is 18.2 Å². The van der Waals surface area contributed by atoms with Crippen LogP contribution in [0.5, 0.6) is 0 Å². The molecule has 0 spiro atoms. The second kappa shape index (κ2) is 5.17. The number of nitrogens with two attached hydrogens (primary N) is 2. The number of carbonyl (C=O) groups excluding carboxylic acids is 2. The van der Waals surface area contributed by atoms with E-state index in [0.29, 0.717) is 17.4 Å². The molecule has 0 bridgehead atoms. The Hall–Kier alpha value is -2.24. The first-order valence-corrected chi connectivity index (χ1v) is 6.23. The van der Waals surface area contributed by atoms with Crippen LogP contribution in [0.1, 0.15) is 30.1 Å². The van der Waals surface area contributed by atoms with Crippen molar-refractivity contribution in [2.45, 2.75) is 31.8 Å². The molecule has 1 aromatic rings. The van der Waals surface area contributed by atoms with E-state index in [1.807, 2.05) is 0 Å². The molecule has 1 aliphatic rings. The maximum atomic E-state index is 11.8. The fourth-order valence-corrected chi connectivity index (χ4v) is 1.73. The molecular formula is C13H18N4O2. The van der Waals surface area contributed by atoms with Gasteiger partial charge in [0.15, 0.2) is 0 Å². The van der Waals surface area contributed by atoms with Gasteiger partial charge in [-0.05, 0) is 38.0 Å². The number of rotatable bonds is 5. The first-order chi connectivity index (χ1) is 8.97. The van der Waals surface area contributed by atoms with E-state index in [2.05, 4.69) is 10.6 Å². The summed E-state index contributed by atoms with van der Waals surface area (Å²) in [4.78, 5) is 23.0. The topological polar surface area (TPSA) is 110 Å². The van der Waals surface area contributed by atoms with Crippen molar-refractivity contribution in [3.8, 4) is 0 Å². The lowest BCUT2D eigenvalue weighted by Gasteiger charge is -2.16. The van der Waals surface area contributed by atoms with Crippen LogP contribution in [0.3, 0.4) is 0 Å². The summed E-state index contributed by atoms with van der Waals surface area (Å²) in [7, 11) is 0. The third-order valence-electron chi connectivity index (χ3n) is 3.02. The van der Waals surface area contributed by atoms with Gasteiger partial charge >= 0.3 is 0 Å². The van der Waals surface area contributed by atoms with Crippen molar-refractivity contribution in [2.75, 3.05) is 11.1 Å². The van der Waals surface area contributed by atoms with Gasteiger partial charge in [-0.3, -0.25) is 9.59 Å². The van der Waals surface area contributed by atoms with E-state index in [-0.39, 0.29) is 17.5 Å². The normalized spacial score (nSPS) is 15.6. The van der Waals surface area contributed by atoms with E-state index in [4.69, 9.17) is 11.5 Å². The van der Waals surface area contributed by atoms with Crippen molar-refractivity contribution >= 4 is 23.2 Å². The number of nitrogen functional groups attached to an aromatic ring is 1. The number of hydrogen-bond donors (Lipinski definition) is 4. The molecule has 0 radical (unpaired) electrons. The van der Waals surface area contributed by atoms with Gasteiger partial charge in [0.2, 0.25) is 5.91 Å². The van der Waals surface area contributed by atoms with Crippen LogP contribution in [0.2, 0.25) is 0 Å². The molecule has 2 rings (SSSR count). The zero-order valence-corrected chi connectivity index (χ0v) is 10.8. The van der Waals surface area contributed by atoms with E-state index in [1.165, 1.54) is 0 Å². The molecule has 1 aliphatic carbocycles. The van der Waals surface area contributed by atoms with E-state index in [9.17, 15) is 9.59 Å². The maximum Gasteiger partial charge on any atom is 0.250 e. The average Bonchev–Trinajstić information content (AvgIpc) is 3.15. The molecule has 6 heteroatoms. The number of nitrogens with one attached hydrogen (secondary N) is 2. The SMILES string of the molecule is CC(Nc1ccc(N)c(C(N)=O)c1)C(=O)NC1CC1. The van der Waals surface area contributed by atoms with Crippen molar-refractivity contribution in [1.29, 1.82) is 0 Å². The van der Waals surface area contributed by atoms with E-state index in [1.54, 1.807) is 25.1 Å². The lowest BCUT2D eigenvalue weighted by Crippen LogP contribution is -2.38. The minimum absolute atomic E-state index is 0.0556. The summed E-state index contributed by atoms with van der Waals surface area (Å²) in [5, 5.41) is 5.93. The number of benzene rings is 1. The first kappa shape index (κ1) is 13.2. The van der Waals surface area contributed by atoms with Gasteiger partial charge in [-0.15, -0.1) is 0 Å². The standard InChI is InChI=1S/C13H18N4O2/c1-7(13(19)17-8-2-3-8)16-9-4-5-11(14)10(6-9)12(15)18/h4-8,16H,2-3,14H2,1H3,(H2,15,18)(H,17,19). The Labute approximate surface area is 111 Å². The van der Waals surface area contributed by atoms with Crippen molar-refractivity contribution in [3.05, 3.63) is 23.8 Å². The number of carbonyl (C=O) groups is 2. The first-order valence-electron chi connectivity index (χ1n) is 6.23. The smallest absolute Gasteiger partial charge is 0.250 e. The van der Waals surface area contributed by atoms with Gasteiger partial charge in [0.1, 0.15) is 6.04 Å². The lowest BCUT2D eigenvalue weighted by molar-refractivity contribution is -0.121. The van der Waals surface area contributed by atoms with Crippen LogP contribution in [0.25, 0.3) is 0 Å². The van der Waals surface area contributed by atoms with Crippen LogP contribution in [-0.4, -0.2) is 23.9 Å². The highest BCUT2D eigenvalue weighted by Gasteiger charge is 2.25. The molecule has 1 aromatic carbocycles. The third kappa shape index (κ3) is 3.37. The predicted octanol–water partition coefficient (Wildman–Crippen LogP) is 0.447. The summed E-state index contributed by atoms with van der Waals surface area (Å²) in [5.41, 5.74) is 12.1. The molecule has 19 heavy (non-hydrogen) atoms. The largest absolute Gasteiger partial charge is 0.398 e. The van der Waals surface area contributed by atoms with Crippen LogP contribution >= 0.6 is 0 Å². The van der Waals surface area contributed by atoms with Gasteiger partial charge in [0, 0.05) is 17.4 Å². The molecule has 0 aliphatic heterocycles. The highest BCUT2D eigenvalue weighted by Crippen LogP contribution is 2.20. The molecule has 1 unspecified atom stereocenters. The Bertz CT molecular complexity index is 511. The second-order valence-electron chi connectivity index (χ2n) is 4.82. The molecule has 6 nitrogen and oxygen atoms in total. The Balaban J connectivity index is 2.03. The van der Waals surface area contributed by atoms with E-state index < -0.39 is 5.91 Å². The number of amides is 2. The summed E-state index contributed by atoms with van der Waals surface area (Å²) in [5.74, 6) is -0.642. The number of hydrogen-bond acceptors (Lipinski definition) is 4. The molecule has 1 fully saturated rings. The summed E-state index contributed by atoms with van der Waals surface area (Å²) >= 11 is 0. The van der Waals surface area contributed by atoms with Crippen molar-refractivity contribution in [3.63, 3.8) is 0 Å². The maximum absolute atomic E-state index is 11.8. The minimum Gasteiger partial charge on any atom is -0.398 e. The Morgan fingerprint density at radius 2 is 2.05 bits per heavy atom. The van der Waals surface area contributed by atoms with Gasteiger partial charge < -0.3 is 22.1 Å². The zero-order valence-electron chi connectivity index (χ0n) is 10.8. The fourth-order valence-electron chi connectivity index (χ4n) is 1.73. The predicted molar refractivity (Wildman–Crippen MR) is 73.6 cm³/mol. The van der Waals surface area contributed by atoms with E-state index in [0.717, 1.165) is 12.8 Å². The van der Waals surface area contributed by atoms with Crippen LogP contribution < -0.4 is 22.1 Å². The van der Waals surface area contributed by atoms with Crippen molar-refractivity contribution < 1.29 is 9.59 Å². The molecule has 2 amide bonds. The Kier molecular flexibility index (Phi) is 3.59. The van der Waals surface area contributed by atoms with Gasteiger partial charge in [0.05, 0.1) is 5.56 Å².